The van der Waals surface area contributed by atoms with Crippen molar-refractivity contribution >= 4 is 21.6 Å². The number of sulfonamides is 1. The number of hydrogen-bond acceptors (Lipinski definition) is 4. The van der Waals surface area contributed by atoms with E-state index in [0.29, 0.717) is 23.0 Å². The Hall–Kier alpha value is -1.41. The summed E-state index contributed by atoms with van der Waals surface area (Å²) in [4.78, 5) is 2.54. The quantitative estimate of drug-likeness (QED) is 0.805. The summed E-state index contributed by atoms with van der Waals surface area (Å²) in [5, 5.41) is 7.37. The highest BCUT2D eigenvalue weighted by atomic mass is 35.5. The van der Waals surface area contributed by atoms with E-state index in [2.05, 4.69) is 19.8 Å². The van der Waals surface area contributed by atoms with Gasteiger partial charge in [0, 0.05) is 17.6 Å². The van der Waals surface area contributed by atoms with Gasteiger partial charge in [0.25, 0.3) is 0 Å². The maximum Gasteiger partial charge on any atom is 0.244 e. The van der Waals surface area contributed by atoms with Gasteiger partial charge in [-0.2, -0.15) is 5.10 Å². The lowest BCUT2D eigenvalue weighted by Gasteiger charge is -2.28. The highest BCUT2D eigenvalue weighted by Crippen LogP contribution is 2.27. The Bertz CT molecular complexity index is 825. The van der Waals surface area contributed by atoms with E-state index < -0.39 is 10.0 Å². The first kappa shape index (κ1) is 18.4. The van der Waals surface area contributed by atoms with Gasteiger partial charge in [0.05, 0.1) is 11.4 Å². The molecule has 0 amide bonds. The summed E-state index contributed by atoms with van der Waals surface area (Å²) < 4.78 is 28.2. The summed E-state index contributed by atoms with van der Waals surface area (Å²) in [5.41, 5.74) is 2.05. The monoisotopic (exact) mass is 382 g/mol. The van der Waals surface area contributed by atoms with E-state index >= 15 is 0 Å². The third kappa shape index (κ3) is 4.06. The van der Waals surface area contributed by atoms with Crippen LogP contribution < -0.4 is 4.72 Å². The number of likely N-dealkylation sites (tertiary alicyclic amines) is 1. The number of H-pyrrole nitrogens is 1. The molecule has 0 bridgehead atoms. The normalized spacial score (nSPS) is 17.1. The second-order valence-corrected chi connectivity index (χ2v) is 8.57. The Balaban J connectivity index is 1.83. The zero-order chi connectivity index (χ0) is 18.0. The molecule has 0 spiro atoms. The van der Waals surface area contributed by atoms with Crippen LogP contribution in [0.25, 0.3) is 0 Å². The lowest BCUT2D eigenvalue weighted by molar-refractivity contribution is 0.246. The molecule has 136 valence electrons. The molecule has 1 atom stereocenters. The fourth-order valence-electron chi connectivity index (χ4n) is 3.42. The van der Waals surface area contributed by atoms with Crippen molar-refractivity contribution in [1.82, 2.24) is 19.8 Å². The Kier molecular flexibility index (Phi) is 5.48. The van der Waals surface area contributed by atoms with Gasteiger partial charge in [-0.3, -0.25) is 10.00 Å². The Morgan fingerprint density at radius 2 is 2.04 bits per heavy atom. The lowest BCUT2D eigenvalue weighted by atomic mass is 10.1. The largest absolute Gasteiger partial charge is 0.295 e. The molecule has 2 aromatic rings. The molecule has 2 N–H and O–H groups in total. The second-order valence-electron chi connectivity index (χ2n) is 6.43. The fraction of sp³-hybridized carbons (Fsp3) is 0.471. The Morgan fingerprint density at radius 3 is 2.64 bits per heavy atom. The SMILES string of the molecule is Cc1n[nH]c(C)c1S(=O)(=O)NCC(c1cccc(Cl)c1)N1CCCC1. The number of halogens is 1. The number of rotatable bonds is 6. The summed E-state index contributed by atoms with van der Waals surface area (Å²) in [7, 11) is -3.62. The van der Waals surface area contributed by atoms with Crippen LogP contribution >= 0.6 is 11.6 Å². The first-order chi connectivity index (χ1) is 11.9. The van der Waals surface area contributed by atoms with Gasteiger partial charge < -0.3 is 0 Å². The molecule has 2 heterocycles. The van der Waals surface area contributed by atoms with Crippen molar-refractivity contribution in [3.05, 3.63) is 46.2 Å². The van der Waals surface area contributed by atoms with Crippen molar-refractivity contribution in [2.45, 2.75) is 37.6 Å². The first-order valence-electron chi connectivity index (χ1n) is 8.39. The molecule has 0 aliphatic carbocycles. The molecule has 6 nitrogen and oxygen atoms in total. The molecular weight excluding hydrogens is 360 g/mol. The standard InChI is InChI=1S/C17H23ClN4O2S/c1-12-17(13(2)21-20-12)25(23,24)19-11-16(22-8-3-4-9-22)14-6-5-7-15(18)10-14/h5-7,10,16,19H,3-4,8-9,11H2,1-2H3,(H,20,21). The van der Waals surface area contributed by atoms with Crippen LogP contribution in [0.2, 0.25) is 5.02 Å². The van der Waals surface area contributed by atoms with Crippen LogP contribution in [-0.4, -0.2) is 43.1 Å². The van der Waals surface area contributed by atoms with E-state index in [1.54, 1.807) is 13.8 Å². The van der Waals surface area contributed by atoms with E-state index in [4.69, 9.17) is 11.6 Å². The van der Waals surface area contributed by atoms with Gasteiger partial charge in [-0.05, 0) is 57.5 Å². The van der Waals surface area contributed by atoms with Crippen LogP contribution in [0.1, 0.15) is 35.8 Å². The maximum atomic E-state index is 12.7. The maximum absolute atomic E-state index is 12.7. The highest BCUT2D eigenvalue weighted by molar-refractivity contribution is 7.89. The smallest absolute Gasteiger partial charge is 0.244 e. The van der Waals surface area contributed by atoms with Crippen LogP contribution in [0.5, 0.6) is 0 Å². The van der Waals surface area contributed by atoms with Crippen LogP contribution in [-0.2, 0) is 10.0 Å². The minimum absolute atomic E-state index is 0.0384. The van der Waals surface area contributed by atoms with Gasteiger partial charge in [0.1, 0.15) is 4.90 Å². The number of aromatic nitrogens is 2. The molecule has 25 heavy (non-hydrogen) atoms. The predicted molar refractivity (Wildman–Crippen MR) is 98.3 cm³/mol. The molecular formula is C17H23ClN4O2S. The highest BCUT2D eigenvalue weighted by Gasteiger charge is 2.27. The average Bonchev–Trinajstić information content (AvgIpc) is 3.18. The summed E-state index contributed by atoms with van der Waals surface area (Å²) in [6.45, 7) is 5.62. The zero-order valence-corrected chi connectivity index (χ0v) is 16.0. The van der Waals surface area contributed by atoms with Crippen molar-refractivity contribution in [2.24, 2.45) is 0 Å². The minimum Gasteiger partial charge on any atom is -0.295 e. The van der Waals surface area contributed by atoms with Crippen molar-refractivity contribution in [2.75, 3.05) is 19.6 Å². The average molecular weight is 383 g/mol. The molecule has 1 aliphatic heterocycles. The zero-order valence-electron chi connectivity index (χ0n) is 14.4. The molecule has 1 aliphatic rings. The molecule has 1 unspecified atom stereocenters. The van der Waals surface area contributed by atoms with Gasteiger partial charge >= 0.3 is 0 Å². The lowest BCUT2D eigenvalue weighted by Crippen LogP contribution is -2.37. The molecule has 1 fully saturated rings. The molecule has 0 saturated carbocycles. The molecule has 8 heteroatoms. The van der Waals surface area contributed by atoms with Gasteiger partial charge in [0.2, 0.25) is 10.0 Å². The predicted octanol–water partition coefficient (Wildman–Crippen LogP) is 2.80. The van der Waals surface area contributed by atoms with E-state index in [0.717, 1.165) is 31.5 Å². The molecule has 0 radical (unpaired) electrons. The van der Waals surface area contributed by atoms with Gasteiger partial charge in [-0.15, -0.1) is 0 Å². The van der Waals surface area contributed by atoms with E-state index in [-0.39, 0.29) is 10.9 Å². The minimum atomic E-state index is -3.62. The van der Waals surface area contributed by atoms with Gasteiger partial charge in [0.15, 0.2) is 0 Å². The van der Waals surface area contributed by atoms with Crippen molar-refractivity contribution < 1.29 is 8.42 Å². The van der Waals surface area contributed by atoms with Crippen LogP contribution in [0.3, 0.4) is 0 Å². The summed E-state index contributed by atoms with van der Waals surface area (Å²) in [6.07, 6.45) is 2.26. The molecule has 1 saturated heterocycles. The van der Waals surface area contributed by atoms with E-state index in [1.165, 1.54) is 0 Å². The molecule has 1 aromatic carbocycles. The topological polar surface area (TPSA) is 78.1 Å². The van der Waals surface area contributed by atoms with Crippen molar-refractivity contribution in [1.29, 1.82) is 0 Å². The van der Waals surface area contributed by atoms with Crippen LogP contribution in [0.4, 0.5) is 0 Å². The molecule has 1 aromatic heterocycles. The summed E-state index contributed by atoms with van der Waals surface area (Å²) in [6, 6.07) is 7.60. The third-order valence-electron chi connectivity index (χ3n) is 4.61. The third-order valence-corrected chi connectivity index (χ3v) is 6.53. The number of aryl methyl sites for hydroxylation is 2. The first-order valence-corrected chi connectivity index (χ1v) is 10.3. The molecule has 3 rings (SSSR count). The number of hydrogen-bond donors (Lipinski definition) is 2. The number of benzene rings is 1. The van der Waals surface area contributed by atoms with Gasteiger partial charge in [-0.25, -0.2) is 13.1 Å². The van der Waals surface area contributed by atoms with Crippen molar-refractivity contribution in [3.8, 4) is 0 Å². The number of nitrogens with one attached hydrogen (secondary N) is 2. The number of aromatic amines is 1. The van der Waals surface area contributed by atoms with Crippen LogP contribution in [0, 0.1) is 13.8 Å². The second kappa shape index (κ2) is 7.45. The fourth-order valence-corrected chi connectivity index (χ4v) is 5.03. The van der Waals surface area contributed by atoms with Crippen LogP contribution in [0.15, 0.2) is 29.2 Å². The Labute approximate surface area is 153 Å². The summed E-state index contributed by atoms with van der Waals surface area (Å²) in [5.74, 6) is 0. The summed E-state index contributed by atoms with van der Waals surface area (Å²) >= 11 is 6.14. The van der Waals surface area contributed by atoms with E-state index in [9.17, 15) is 8.42 Å². The number of nitrogens with zero attached hydrogens (tertiary/aromatic N) is 2. The van der Waals surface area contributed by atoms with E-state index in [1.807, 2.05) is 24.3 Å². The Morgan fingerprint density at radius 1 is 1.32 bits per heavy atom. The van der Waals surface area contributed by atoms with Crippen molar-refractivity contribution in [3.63, 3.8) is 0 Å². The van der Waals surface area contributed by atoms with Gasteiger partial charge in [-0.1, -0.05) is 23.7 Å².